The van der Waals surface area contributed by atoms with Gasteiger partial charge in [0.05, 0.1) is 11.1 Å². The van der Waals surface area contributed by atoms with Crippen molar-refractivity contribution in [2.75, 3.05) is 7.05 Å². The Labute approximate surface area is 125 Å². The first-order chi connectivity index (χ1) is 9.22. The van der Waals surface area contributed by atoms with Crippen LogP contribution in [0.1, 0.15) is 22.0 Å². The van der Waals surface area contributed by atoms with Crippen molar-refractivity contribution >= 4 is 44.4 Å². The molecule has 0 amide bonds. The van der Waals surface area contributed by atoms with Crippen molar-refractivity contribution in [3.8, 4) is 0 Å². The zero-order valence-corrected chi connectivity index (χ0v) is 13.1. The smallest absolute Gasteiger partial charge is 0.0698 e. The molecule has 0 bridgehead atoms. The van der Waals surface area contributed by atoms with E-state index < -0.39 is 0 Å². The van der Waals surface area contributed by atoms with Crippen molar-refractivity contribution in [1.82, 2.24) is 5.32 Å². The molecular formula is C15H14ClNS2. The van der Waals surface area contributed by atoms with Gasteiger partial charge in [-0.25, -0.2) is 0 Å². The molecule has 0 saturated heterocycles. The maximum absolute atomic E-state index is 6.42. The van der Waals surface area contributed by atoms with Gasteiger partial charge in [0.25, 0.3) is 0 Å². The molecule has 0 spiro atoms. The van der Waals surface area contributed by atoms with E-state index in [0.717, 1.165) is 10.6 Å². The minimum atomic E-state index is 0.169. The third-order valence-electron chi connectivity index (χ3n) is 3.30. The molecule has 0 radical (unpaired) electrons. The van der Waals surface area contributed by atoms with E-state index in [2.05, 4.69) is 47.3 Å². The SMILES string of the molecule is CNC(c1scc(C)c1Cl)c1csc2ccccc12. The normalized spacial score (nSPS) is 13.0. The summed E-state index contributed by atoms with van der Waals surface area (Å²) in [5.74, 6) is 0. The zero-order chi connectivity index (χ0) is 13.4. The van der Waals surface area contributed by atoms with E-state index in [0.29, 0.717) is 0 Å². The van der Waals surface area contributed by atoms with Crippen LogP contribution in [0.4, 0.5) is 0 Å². The van der Waals surface area contributed by atoms with E-state index in [-0.39, 0.29) is 6.04 Å². The second-order valence-electron chi connectivity index (χ2n) is 4.51. The first kappa shape index (κ1) is 13.1. The Bertz CT molecular complexity index is 714. The maximum Gasteiger partial charge on any atom is 0.0698 e. The number of aryl methyl sites for hydroxylation is 1. The minimum Gasteiger partial charge on any atom is -0.309 e. The molecule has 4 heteroatoms. The Kier molecular flexibility index (Phi) is 3.63. The molecule has 1 unspecified atom stereocenters. The number of hydrogen-bond acceptors (Lipinski definition) is 3. The molecule has 0 saturated carbocycles. The van der Waals surface area contributed by atoms with E-state index in [1.165, 1.54) is 20.5 Å². The number of benzene rings is 1. The summed E-state index contributed by atoms with van der Waals surface area (Å²) < 4.78 is 1.32. The van der Waals surface area contributed by atoms with Gasteiger partial charge in [0.2, 0.25) is 0 Å². The highest BCUT2D eigenvalue weighted by molar-refractivity contribution is 7.17. The highest BCUT2D eigenvalue weighted by Gasteiger charge is 2.21. The van der Waals surface area contributed by atoms with Crippen molar-refractivity contribution in [3.63, 3.8) is 0 Å². The summed E-state index contributed by atoms with van der Waals surface area (Å²) >= 11 is 9.94. The molecule has 0 aliphatic heterocycles. The number of rotatable bonds is 3. The van der Waals surface area contributed by atoms with E-state index in [4.69, 9.17) is 11.6 Å². The number of halogens is 1. The first-order valence-corrected chi connectivity index (χ1v) is 8.23. The average molecular weight is 308 g/mol. The quantitative estimate of drug-likeness (QED) is 0.698. The molecular weight excluding hydrogens is 294 g/mol. The van der Waals surface area contributed by atoms with Crippen LogP contribution < -0.4 is 5.32 Å². The molecule has 98 valence electrons. The monoisotopic (exact) mass is 307 g/mol. The lowest BCUT2D eigenvalue weighted by Gasteiger charge is -2.15. The molecule has 3 aromatic rings. The van der Waals surface area contributed by atoms with Gasteiger partial charge in [0, 0.05) is 9.58 Å². The summed E-state index contributed by atoms with van der Waals surface area (Å²) in [5, 5.41) is 9.96. The van der Waals surface area contributed by atoms with Crippen molar-refractivity contribution < 1.29 is 0 Å². The molecule has 1 atom stereocenters. The lowest BCUT2D eigenvalue weighted by atomic mass is 10.0. The van der Waals surface area contributed by atoms with Crippen LogP contribution in [0.2, 0.25) is 5.02 Å². The van der Waals surface area contributed by atoms with Gasteiger partial charge in [-0.1, -0.05) is 29.8 Å². The fraction of sp³-hybridized carbons (Fsp3) is 0.200. The Morgan fingerprint density at radius 1 is 1.16 bits per heavy atom. The highest BCUT2D eigenvalue weighted by atomic mass is 35.5. The molecule has 2 aromatic heterocycles. The van der Waals surface area contributed by atoms with Gasteiger partial charge in [-0.2, -0.15) is 0 Å². The Hall–Kier alpha value is -0.870. The summed E-state index contributed by atoms with van der Waals surface area (Å²) in [6.45, 7) is 2.06. The second kappa shape index (κ2) is 5.25. The average Bonchev–Trinajstić information content (AvgIpc) is 2.99. The van der Waals surface area contributed by atoms with Gasteiger partial charge in [0.1, 0.15) is 0 Å². The van der Waals surface area contributed by atoms with Crippen LogP contribution in [0.3, 0.4) is 0 Å². The van der Waals surface area contributed by atoms with Crippen LogP contribution >= 0.6 is 34.3 Å². The van der Waals surface area contributed by atoms with Crippen LogP contribution in [0.5, 0.6) is 0 Å². The zero-order valence-electron chi connectivity index (χ0n) is 10.7. The largest absolute Gasteiger partial charge is 0.309 e. The molecule has 3 rings (SSSR count). The molecule has 1 nitrogen and oxygen atoms in total. The summed E-state index contributed by atoms with van der Waals surface area (Å²) in [6.07, 6.45) is 0. The predicted molar refractivity (Wildman–Crippen MR) is 86.8 cm³/mol. The fourth-order valence-corrected chi connectivity index (χ4v) is 4.71. The Morgan fingerprint density at radius 2 is 1.95 bits per heavy atom. The Balaban J connectivity index is 2.15. The van der Waals surface area contributed by atoms with Crippen molar-refractivity contribution in [1.29, 1.82) is 0 Å². The van der Waals surface area contributed by atoms with Crippen LogP contribution in [0.15, 0.2) is 35.0 Å². The van der Waals surface area contributed by atoms with E-state index in [1.54, 1.807) is 22.7 Å². The molecule has 1 N–H and O–H groups in total. The van der Waals surface area contributed by atoms with Crippen LogP contribution in [0, 0.1) is 6.92 Å². The van der Waals surface area contributed by atoms with Gasteiger partial charge in [-0.15, -0.1) is 22.7 Å². The topological polar surface area (TPSA) is 12.0 Å². The lowest BCUT2D eigenvalue weighted by Crippen LogP contribution is -2.16. The molecule has 2 heterocycles. The third-order valence-corrected chi connectivity index (χ3v) is 6.06. The molecule has 0 aliphatic carbocycles. The highest BCUT2D eigenvalue weighted by Crippen LogP contribution is 2.39. The molecule has 19 heavy (non-hydrogen) atoms. The van der Waals surface area contributed by atoms with Crippen LogP contribution in [0.25, 0.3) is 10.1 Å². The van der Waals surface area contributed by atoms with Crippen molar-refractivity contribution in [2.24, 2.45) is 0 Å². The van der Waals surface area contributed by atoms with Gasteiger partial charge < -0.3 is 5.32 Å². The number of nitrogens with one attached hydrogen (secondary N) is 1. The predicted octanol–water partition coefficient (Wildman–Crippen LogP) is 5.23. The Morgan fingerprint density at radius 3 is 2.63 bits per heavy atom. The van der Waals surface area contributed by atoms with Gasteiger partial charge in [-0.05, 0) is 47.3 Å². The fourth-order valence-electron chi connectivity index (χ4n) is 2.29. The van der Waals surface area contributed by atoms with Gasteiger partial charge >= 0.3 is 0 Å². The minimum absolute atomic E-state index is 0.169. The van der Waals surface area contributed by atoms with E-state index in [9.17, 15) is 0 Å². The summed E-state index contributed by atoms with van der Waals surface area (Å²) in [5.41, 5.74) is 2.47. The second-order valence-corrected chi connectivity index (χ2v) is 6.71. The number of fused-ring (bicyclic) bond motifs is 1. The maximum atomic E-state index is 6.42. The standard InChI is InChI=1S/C15H14ClNS2/c1-9-7-19-15(13(9)16)14(17-2)11-8-18-12-6-4-3-5-10(11)12/h3-8,14,17H,1-2H3. The molecule has 0 aliphatic rings. The van der Waals surface area contributed by atoms with Gasteiger partial charge in [-0.3, -0.25) is 0 Å². The number of hydrogen-bond donors (Lipinski definition) is 1. The summed E-state index contributed by atoms with van der Waals surface area (Å²) in [4.78, 5) is 1.20. The molecule has 0 fully saturated rings. The van der Waals surface area contributed by atoms with Crippen molar-refractivity contribution in [2.45, 2.75) is 13.0 Å². The lowest BCUT2D eigenvalue weighted by molar-refractivity contribution is 0.711. The van der Waals surface area contributed by atoms with E-state index in [1.807, 2.05) is 7.05 Å². The number of thiophene rings is 2. The first-order valence-electron chi connectivity index (χ1n) is 6.09. The third kappa shape index (κ3) is 2.21. The van der Waals surface area contributed by atoms with E-state index >= 15 is 0 Å². The van der Waals surface area contributed by atoms with Crippen molar-refractivity contribution in [3.05, 3.63) is 56.1 Å². The summed E-state index contributed by atoms with van der Waals surface area (Å²) in [7, 11) is 1.99. The van der Waals surface area contributed by atoms with Crippen LogP contribution in [-0.4, -0.2) is 7.05 Å². The van der Waals surface area contributed by atoms with Gasteiger partial charge in [0.15, 0.2) is 0 Å². The molecule has 1 aromatic carbocycles. The summed E-state index contributed by atoms with van der Waals surface area (Å²) in [6, 6.07) is 8.69. The van der Waals surface area contributed by atoms with Crippen LogP contribution in [-0.2, 0) is 0 Å².